The lowest BCUT2D eigenvalue weighted by molar-refractivity contribution is 0.123. The van der Waals surface area contributed by atoms with Gasteiger partial charge in [-0.25, -0.2) is 4.99 Å². The molecule has 1 saturated carbocycles. The standard InChI is InChI=1S/C16H27N3OS/c1-3-17-16(19-11-15-8-5-13(2)21-15)18-9-4-10-20-12-14-6-7-14/h5,8,14H,3-4,6-7,9-12H2,1-2H3,(H2,17,18,19). The Labute approximate surface area is 132 Å². The van der Waals surface area contributed by atoms with Crippen LogP contribution in [0.3, 0.4) is 0 Å². The van der Waals surface area contributed by atoms with Crippen LogP contribution < -0.4 is 10.6 Å². The van der Waals surface area contributed by atoms with E-state index in [1.54, 1.807) is 0 Å². The van der Waals surface area contributed by atoms with Crippen LogP contribution in [-0.4, -0.2) is 32.3 Å². The van der Waals surface area contributed by atoms with Crippen molar-refractivity contribution in [1.29, 1.82) is 0 Å². The summed E-state index contributed by atoms with van der Waals surface area (Å²) in [7, 11) is 0. The summed E-state index contributed by atoms with van der Waals surface area (Å²) < 4.78 is 5.63. The Hall–Kier alpha value is -1.07. The molecule has 21 heavy (non-hydrogen) atoms. The van der Waals surface area contributed by atoms with E-state index < -0.39 is 0 Å². The van der Waals surface area contributed by atoms with Gasteiger partial charge in [-0.2, -0.15) is 0 Å². The SMILES string of the molecule is CCNC(=NCc1ccc(C)s1)NCCCOCC1CC1. The molecule has 0 radical (unpaired) electrons. The van der Waals surface area contributed by atoms with Crippen LogP contribution in [-0.2, 0) is 11.3 Å². The van der Waals surface area contributed by atoms with Crippen molar-refractivity contribution in [3.8, 4) is 0 Å². The molecule has 0 unspecified atom stereocenters. The summed E-state index contributed by atoms with van der Waals surface area (Å²) in [6, 6.07) is 4.30. The van der Waals surface area contributed by atoms with E-state index in [4.69, 9.17) is 4.74 Å². The summed E-state index contributed by atoms with van der Waals surface area (Å²) in [5.74, 6) is 1.75. The Morgan fingerprint density at radius 2 is 2.24 bits per heavy atom. The van der Waals surface area contributed by atoms with E-state index in [0.717, 1.165) is 51.1 Å². The number of rotatable bonds is 9. The highest BCUT2D eigenvalue weighted by Gasteiger charge is 2.20. The molecule has 1 aliphatic carbocycles. The number of aliphatic imine (C=N–C) groups is 1. The molecule has 1 fully saturated rings. The van der Waals surface area contributed by atoms with Crippen LogP contribution in [0.4, 0.5) is 0 Å². The van der Waals surface area contributed by atoms with Gasteiger partial charge in [-0.05, 0) is 51.2 Å². The lowest BCUT2D eigenvalue weighted by Crippen LogP contribution is -2.38. The van der Waals surface area contributed by atoms with Gasteiger partial charge in [0.1, 0.15) is 0 Å². The second-order valence-electron chi connectivity index (χ2n) is 5.51. The minimum Gasteiger partial charge on any atom is -0.381 e. The molecule has 0 aliphatic heterocycles. The summed E-state index contributed by atoms with van der Waals surface area (Å²) in [4.78, 5) is 7.26. The molecule has 2 rings (SSSR count). The first kappa shape index (κ1) is 16.3. The Kier molecular flexibility index (Phi) is 7.03. The Morgan fingerprint density at radius 1 is 1.38 bits per heavy atom. The maximum atomic E-state index is 5.63. The molecule has 0 spiro atoms. The quantitative estimate of drug-likeness (QED) is 0.419. The third-order valence-corrected chi connectivity index (χ3v) is 4.33. The zero-order chi connectivity index (χ0) is 14.9. The average molecular weight is 309 g/mol. The van der Waals surface area contributed by atoms with E-state index in [-0.39, 0.29) is 0 Å². The highest BCUT2D eigenvalue weighted by molar-refractivity contribution is 7.11. The molecule has 0 aromatic carbocycles. The fourth-order valence-corrected chi connectivity index (χ4v) is 2.80. The zero-order valence-electron chi connectivity index (χ0n) is 13.2. The largest absolute Gasteiger partial charge is 0.381 e. The molecule has 1 aromatic rings. The van der Waals surface area contributed by atoms with Gasteiger partial charge in [-0.15, -0.1) is 11.3 Å². The minimum atomic E-state index is 0.742. The van der Waals surface area contributed by atoms with E-state index in [1.807, 2.05) is 11.3 Å². The van der Waals surface area contributed by atoms with Crippen molar-refractivity contribution in [2.45, 2.75) is 39.7 Å². The van der Waals surface area contributed by atoms with Gasteiger partial charge in [-0.3, -0.25) is 0 Å². The summed E-state index contributed by atoms with van der Waals surface area (Å²) in [6.07, 6.45) is 3.74. The van der Waals surface area contributed by atoms with Crippen LogP contribution in [0.15, 0.2) is 17.1 Å². The van der Waals surface area contributed by atoms with Crippen molar-refractivity contribution in [1.82, 2.24) is 10.6 Å². The summed E-state index contributed by atoms with van der Waals surface area (Å²) >= 11 is 1.81. The molecule has 1 aromatic heterocycles. The van der Waals surface area contributed by atoms with E-state index in [0.29, 0.717) is 0 Å². The Bertz CT molecular complexity index is 440. The van der Waals surface area contributed by atoms with Crippen LogP contribution in [0.25, 0.3) is 0 Å². The number of nitrogens with zero attached hydrogens (tertiary/aromatic N) is 1. The number of aryl methyl sites for hydroxylation is 1. The third-order valence-electron chi connectivity index (χ3n) is 3.34. The fourth-order valence-electron chi connectivity index (χ4n) is 1.98. The number of hydrogen-bond acceptors (Lipinski definition) is 3. The number of nitrogens with one attached hydrogen (secondary N) is 2. The van der Waals surface area contributed by atoms with Gasteiger partial charge >= 0.3 is 0 Å². The van der Waals surface area contributed by atoms with Gasteiger partial charge < -0.3 is 15.4 Å². The predicted octanol–water partition coefficient (Wildman–Crippen LogP) is 2.93. The first-order chi connectivity index (χ1) is 10.3. The number of thiophene rings is 1. The second-order valence-corrected chi connectivity index (χ2v) is 6.88. The molecule has 5 heteroatoms. The molecule has 1 aliphatic rings. The van der Waals surface area contributed by atoms with Crippen LogP contribution in [0.5, 0.6) is 0 Å². The van der Waals surface area contributed by atoms with Gasteiger partial charge in [0.2, 0.25) is 0 Å². The van der Waals surface area contributed by atoms with Gasteiger partial charge in [0.05, 0.1) is 6.54 Å². The molecular weight excluding hydrogens is 282 g/mol. The van der Waals surface area contributed by atoms with Crippen LogP contribution in [0.1, 0.15) is 35.9 Å². The molecule has 0 saturated heterocycles. The summed E-state index contributed by atoms with van der Waals surface area (Å²) in [6.45, 7) is 8.53. The average Bonchev–Trinajstić information content (AvgIpc) is 3.21. The molecule has 4 nitrogen and oxygen atoms in total. The van der Waals surface area contributed by atoms with Crippen LogP contribution in [0.2, 0.25) is 0 Å². The molecule has 2 N–H and O–H groups in total. The van der Waals surface area contributed by atoms with E-state index in [2.05, 4.69) is 41.6 Å². The first-order valence-corrected chi connectivity index (χ1v) is 8.75. The summed E-state index contributed by atoms with van der Waals surface area (Å²) in [5.41, 5.74) is 0. The van der Waals surface area contributed by atoms with Crippen molar-refractivity contribution in [3.63, 3.8) is 0 Å². The predicted molar refractivity (Wildman–Crippen MR) is 90.0 cm³/mol. The van der Waals surface area contributed by atoms with Crippen molar-refractivity contribution in [2.24, 2.45) is 10.9 Å². The Balaban J connectivity index is 1.62. The van der Waals surface area contributed by atoms with Gasteiger partial charge in [-0.1, -0.05) is 0 Å². The van der Waals surface area contributed by atoms with Crippen molar-refractivity contribution in [2.75, 3.05) is 26.3 Å². The fraction of sp³-hybridized carbons (Fsp3) is 0.688. The number of hydrogen-bond donors (Lipinski definition) is 2. The van der Waals surface area contributed by atoms with Gasteiger partial charge in [0, 0.05) is 36.1 Å². The van der Waals surface area contributed by atoms with Gasteiger partial charge in [0.15, 0.2) is 5.96 Å². The molecule has 1 heterocycles. The highest BCUT2D eigenvalue weighted by atomic mass is 32.1. The number of ether oxygens (including phenoxy) is 1. The van der Waals surface area contributed by atoms with Crippen LogP contribution in [0, 0.1) is 12.8 Å². The molecule has 0 amide bonds. The highest BCUT2D eigenvalue weighted by Crippen LogP contribution is 2.28. The molecule has 0 atom stereocenters. The monoisotopic (exact) mass is 309 g/mol. The van der Waals surface area contributed by atoms with Gasteiger partial charge in [0.25, 0.3) is 0 Å². The molecule has 118 valence electrons. The lowest BCUT2D eigenvalue weighted by Gasteiger charge is -2.11. The van der Waals surface area contributed by atoms with Crippen molar-refractivity contribution < 1.29 is 4.74 Å². The summed E-state index contributed by atoms with van der Waals surface area (Å²) in [5, 5.41) is 6.65. The minimum absolute atomic E-state index is 0.742. The second kappa shape index (κ2) is 9.05. The maximum absolute atomic E-state index is 5.63. The number of guanidine groups is 1. The topological polar surface area (TPSA) is 45.7 Å². The normalized spacial score (nSPS) is 15.2. The maximum Gasteiger partial charge on any atom is 0.191 e. The van der Waals surface area contributed by atoms with E-state index >= 15 is 0 Å². The molecular formula is C16H27N3OS. The van der Waals surface area contributed by atoms with Crippen LogP contribution >= 0.6 is 11.3 Å². The third kappa shape index (κ3) is 6.96. The zero-order valence-corrected chi connectivity index (χ0v) is 14.0. The molecule has 0 bridgehead atoms. The van der Waals surface area contributed by atoms with Crippen molar-refractivity contribution in [3.05, 3.63) is 21.9 Å². The lowest BCUT2D eigenvalue weighted by atomic mass is 10.4. The Morgan fingerprint density at radius 3 is 2.90 bits per heavy atom. The van der Waals surface area contributed by atoms with E-state index in [1.165, 1.54) is 22.6 Å². The smallest absolute Gasteiger partial charge is 0.191 e. The first-order valence-electron chi connectivity index (χ1n) is 7.93. The van der Waals surface area contributed by atoms with Crippen molar-refractivity contribution >= 4 is 17.3 Å². The van der Waals surface area contributed by atoms with E-state index in [9.17, 15) is 0 Å².